The van der Waals surface area contributed by atoms with Gasteiger partial charge in [-0.3, -0.25) is 9.48 Å². The highest BCUT2D eigenvalue weighted by Crippen LogP contribution is 2.22. The van der Waals surface area contributed by atoms with Crippen molar-refractivity contribution in [1.29, 1.82) is 0 Å². The SMILES string of the molecule is COc1cc(C#Cc2nn([C@H]3CCNC3)cc2C(N)=O)cc(OC)c1. The number of hydrogen-bond acceptors (Lipinski definition) is 5. The van der Waals surface area contributed by atoms with Gasteiger partial charge in [0.15, 0.2) is 0 Å². The summed E-state index contributed by atoms with van der Waals surface area (Å²) in [6, 6.07) is 5.56. The largest absolute Gasteiger partial charge is 0.497 e. The van der Waals surface area contributed by atoms with E-state index < -0.39 is 5.91 Å². The van der Waals surface area contributed by atoms with Crippen LogP contribution in [0.15, 0.2) is 24.4 Å². The molecule has 1 amide bonds. The van der Waals surface area contributed by atoms with E-state index in [1.807, 2.05) is 0 Å². The molecule has 130 valence electrons. The van der Waals surface area contributed by atoms with Gasteiger partial charge in [0, 0.05) is 24.4 Å². The smallest absolute Gasteiger partial charge is 0.253 e. The summed E-state index contributed by atoms with van der Waals surface area (Å²) in [7, 11) is 3.16. The van der Waals surface area contributed by atoms with E-state index in [0.717, 1.165) is 19.5 Å². The van der Waals surface area contributed by atoms with Crippen LogP contribution in [0.25, 0.3) is 0 Å². The molecule has 0 bridgehead atoms. The molecule has 0 saturated carbocycles. The highest BCUT2D eigenvalue weighted by molar-refractivity contribution is 5.94. The molecule has 0 aliphatic carbocycles. The molecule has 25 heavy (non-hydrogen) atoms. The number of methoxy groups -OCH3 is 2. The number of benzene rings is 1. The molecule has 0 spiro atoms. The monoisotopic (exact) mass is 340 g/mol. The molecule has 7 nitrogen and oxygen atoms in total. The van der Waals surface area contributed by atoms with Crippen LogP contribution < -0.4 is 20.5 Å². The van der Waals surface area contributed by atoms with Crippen molar-refractivity contribution in [2.45, 2.75) is 12.5 Å². The molecule has 0 radical (unpaired) electrons. The van der Waals surface area contributed by atoms with E-state index in [-0.39, 0.29) is 6.04 Å². The first-order chi connectivity index (χ1) is 12.1. The Labute approximate surface area is 146 Å². The lowest BCUT2D eigenvalue weighted by Gasteiger charge is -2.07. The van der Waals surface area contributed by atoms with E-state index in [1.54, 1.807) is 43.3 Å². The molecule has 1 atom stereocenters. The minimum atomic E-state index is -0.537. The third-order valence-corrected chi connectivity index (χ3v) is 4.08. The van der Waals surface area contributed by atoms with Crippen LogP contribution in [-0.4, -0.2) is 43.0 Å². The zero-order valence-corrected chi connectivity index (χ0v) is 14.2. The first-order valence-corrected chi connectivity index (χ1v) is 7.95. The Balaban J connectivity index is 1.95. The molecular weight excluding hydrogens is 320 g/mol. The summed E-state index contributed by atoms with van der Waals surface area (Å²) in [5.74, 6) is 6.69. The van der Waals surface area contributed by atoms with Crippen LogP contribution in [0, 0.1) is 11.8 Å². The molecule has 2 aromatic rings. The summed E-state index contributed by atoms with van der Waals surface area (Å²) in [5.41, 5.74) is 6.87. The van der Waals surface area contributed by atoms with E-state index >= 15 is 0 Å². The summed E-state index contributed by atoms with van der Waals surface area (Å²) in [6.45, 7) is 1.75. The van der Waals surface area contributed by atoms with Crippen molar-refractivity contribution in [1.82, 2.24) is 15.1 Å². The second-order valence-electron chi connectivity index (χ2n) is 5.73. The topological polar surface area (TPSA) is 91.4 Å². The number of nitrogens with two attached hydrogens (primary N) is 1. The van der Waals surface area contributed by atoms with E-state index in [4.69, 9.17) is 15.2 Å². The fourth-order valence-corrected chi connectivity index (χ4v) is 2.73. The van der Waals surface area contributed by atoms with Gasteiger partial charge in [0.2, 0.25) is 0 Å². The fraction of sp³-hybridized carbons (Fsp3) is 0.333. The minimum Gasteiger partial charge on any atom is -0.497 e. The number of primary amides is 1. The molecule has 1 saturated heterocycles. The maximum atomic E-state index is 11.7. The molecule has 1 aliphatic heterocycles. The van der Waals surface area contributed by atoms with Crippen LogP contribution >= 0.6 is 0 Å². The predicted molar refractivity (Wildman–Crippen MR) is 92.8 cm³/mol. The van der Waals surface area contributed by atoms with Crippen LogP contribution in [0.5, 0.6) is 11.5 Å². The van der Waals surface area contributed by atoms with Crippen LogP contribution in [0.2, 0.25) is 0 Å². The van der Waals surface area contributed by atoms with E-state index in [1.165, 1.54) is 0 Å². The lowest BCUT2D eigenvalue weighted by molar-refractivity contribution is 0.1000. The highest BCUT2D eigenvalue weighted by Gasteiger charge is 2.20. The second kappa shape index (κ2) is 7.28. The normalized spacial score (nSPS) is 16.2. The fourth-order valence-electron chi connectivity index (χ4n) is 2.73. The molecule has 0 unspecified atom stereocenters. The maximum Gasteiger partial charge on any atom is 0.253 e. The van der Waals surface area contributed by atoms with Crippen molar-refractivity contribution < 1.29 is 14.3 Å². The second-order valence-corrected chi connectivity index (χ2v) is 5.73. The highest BCUT2D eigenvalue weighted by atomic mass is 16.5. The quantitative estimate of drug-likeness (QED) is 0.808. The number of aromatic nitrogens is 2. The molecule has 1 aliphatic rings. The molecule has 1 aromatic carbocycles. The van der Waals surface area contributed by atoms with Crippen molar-refractivity contribution >= 4 is 5.91 Å². The van der Waals surface area contributed by atoms with Gasteiger partial charge in [-0.25, -0.2) is 0 Å². The van der Waals surface area contributed by atoms with E-state index in [0.29, 0.717) is 28.3 Å². The number of ether oxygens (including phenoxy) is 2. The van der Waals surface area contributed by atoms with Gasteiger partial charge in [-0.05, 0) is 31.0 Å². The van der Waals surface area contributed by atoms with Crippen molar-refractivity contribution in [3.63, 3.8) is 0 Å². The van der Waals surface area contributed by atoms with Crippen molar-refractivity contribution in [3.05, 3.63) is 41.2 Å². The van der Waals surface area contributed by atoms with Crippen molar-refractivity contribution in [3.8, 4) is 23.3 Å². The summed E-state index contributed by atoms with van der Waals surface area (Å²) in [4.78, 5) is 11.7. The Morgan fingerprint density at radius 1 is 1.28 bits per heavy atom. The number of nitrogens with one attached hydrogen (secondary N) is 1. The standard InChI is InChI=1S/C18H20N4O3/c1-24-14-7-12(8-15(9-14)25-2)3-4-17-16(18(19)23)11-22(21-17)13-5-6-20-10-13/h7-9,11,13,20H,5-6,10H2,1-2H3,(H2,19,23)/t13-/m0/s1. The third-order valence-electron chi connectivity index (χ3n) is 4.08. The first-order valence-electron chi connectivity index (χ1n) is 7.95. The Morgan fingerprint density at radius 3 is 2.56 bits per heavy atom. The van der Waals surface area contributed by atoms with Gasteiger partial charge in [-0.1, -0.05) is 5.92 Å². The van der Waals surface area contributed by atoms with Gasteiger partial charge in [-0.2, -0.15) is 5.10 Å². The Bertz CT molecular complexity index is 819. The molecule has 7 heteroatoms. The Morgan fingerprint density at radius 2 is 2.00 bits per heavy atom. The van der Waals surface area contributed by atoms with Crippen LogP contribution in [0.1, 0.15) is 34.1 Å². The number of hydrogen-bond donors (Lipinski definition) is 2. The maximum absolute atomic E-state index is 11.7. The number of amides is 1. The zero-order valence-electron chi connectivity index (χ0n) is 14.2. The van der Waals surface area contributed by atoms with Crippen molar-refractivity contribution in [2.75, 3.05) is 27.3 Å². The lowest BCUT2D eigenvalue weighted by atomic mass is 10.2. The molecular formula is C18H20N4O3. The molecule has 3 N–H and O–H groups in total. The molecule has 3 rings (SSSR count). The average molecular weight is 340 g/mol. The first kappa shape index (κ1) is 16.9. The van der Waals surface area contributed by atoms with Gasteiger partial charge in [0.25, 0.3) is 5.91 Å². The molecule has 2 heterocycles. The summed E-state index contributed by atoms with van der Waals surface area (Å²) < 4.78 is 12.2. The van der Waals surface area contributed by atoms with Gasteiger partial charge in [-0.15, -0.1) is 0 Å². The minimum absolute atomic E-state index is 0.213. The van der Waals surface area contributed by atoms with Gasteiger partial charge in [0.05, 0.1) is 25.8 Å². The number of rotatable bonds is 4. The van der Waals surface area contributed by atoms with E-state index in [2.05, 4.69) is 22.3 Å². The van der Waals surface area contributed by atoms with Crippen LogP contribution in [-0.2, 0) is 0 Å². The number of carbonyl (C=O) groups excluding carboxylic acids is 1. The van der Waals surface area contributed by atoms with Crippen molar-refractivity contribution in [2.24, 2.45) is 5.73 Å². The molecule has 1 aromatic heterocycles. The number of carbonyl (C=O) groups is 1. The number of nitrogens with zero attached hydrogens (tertiary/aromatic N) is 2. The third kappa shape index (κ3) is 3.75. The summed E-state index contributed by atoms with van der Waals surface area (Å²) in [6.07, 6.45) is 2.63. The molecule has 1 fully saturated rings. The van der Waals surface area contributed by atoms with E-state index in [9.17, 15) is 4.79 Å². The zero-order chi connectivity index (χ0) is 17.8. The summed E-state index contributed by atoms with van der Waals surface area (Å²) >= 11 is 0. The van der Waals surface area contributed by atoms with Gasteiger partial charge in [0.1, 0.15) is 17.2 Å². The van der Waals surface area contributed by atoms with Gasteiger partial charge < -0.3 is 20.5 Å². The average Bonchev–Trinajstić information content (AvgIpc) is 3.28. The van der Waals surface area contributed by atoms with Crippen LogP contribution in [0.3, 0.4) is 0 Å². The Kier molecular flexibility index (Phi) is 4.91. The predicted octanol–water partition coefficient (Wildman–Crippen LogP) is 0.933. The van der Waals surface area contributed by atoms with Gasteiger partial charge >= 0.3 is 0 Å². The van der Waals surface area contributed by atoms with Crippen LogP contribution in [0.4, 0.5) is 0 Å². The summed E-state index contributed by atoms with van der Waals surface area (Å²) in [5, 5.41) is 7.72. The lowest BCUT2D eigenvalue weighted by Crippen LogP contribution is -2.14. The Hall–Kier alpha value is -2.98.